The number of carbonyl (C=O) groups excluding carboxylic acids is 2. The summed E-state index contributed by atoms with van der Waals surface area (Å²) >= 11 is 0. The second-order valence-corrected chi connectivity index (χ2v) is 8.80. The first kappa shape index (κ1) is 24.3. The molecule has 1 aliphatic rings. The summed E-state index contributed by atoms with van der Waals surface area (Å²) in [5.41, 5.74) is 4.94. The molecule has 3 aromatic carbocycles. The van der Waals surface area contributed by atoms with Crippen LogP contribution in [0.3, 0.4) is 0 Å². The Morgan fingerprint density at radius 3 is 1.86 bits per heavy atom. The van der Waals surface area contributed by atoms with E-state index in [1.807, 2.05) is 79.7 Å². The van der Waals surface area contributed by atoms with E-state index in [2.05, 4.69) is 20.9 Å². The van der Waals surface area contributed by atoms with Gasteiger partial charge < -0.3 is 26.0 Å². The lowest BCUT2D eigenvalue weighted by Gasteiger charge is -2.31. The van der Waals surface area contributed by atoms with E-state index >= 15 is 0 Å². The molecule has 2 amide bonds. The number of aliphatic hydroxyl groups excluding tert-OH is 1. The Labute approximate surface area is 206 Å². The lowest BCUT2D eigenvalue weighted by molar-refractivity contribution is -0.116. The predicted octanol–water partition coefficient (Wildman–Crippen LogP) is 5.38. The number of hydrogen-bond acceptors (Lipinski definition) is 5. The summed E-state index contributed by atoms with van der Waals surface area (Å²) in [5, 5.41) is 18.8. The van der Waals surface area contributed by atoms with Gasteiger partial charge in [-0.15, -0.1) is 0 Å². The summed E-state index contributed by atoms with van der Waals surface area (Å²) in [6.07, 6.45) is 2.67. The highest BCUT2D eigenvalue weighted by atomic mass is 16.3. The van der Waals surface area contributed by atoms with E-state index in [-0.39, 0.29) is 17.9 Å². The zero-order chi connectivity index (χ0) is 24.6. The smallest absolute Gasteiger partial charge is 0.255 e. The molecule has 1 aliphatic heterocycles. The summed E-state index contributed by atoms with van der Waals surface area (Å²) in [7, 11) is 0. The van der Waals surface area contributed by atoms with E-state index in [0.29, 0.717) is 17.7 Å². The van der Waals surface area contributed by atoms with E-state index in [0.717, 1.165) is 55.1 Å². The summed E-state index contributed by atoms with van der Waals surface area (Å²) in [5.74, 6) is -0.142. The van der Waals surface area contributed by atoms with Crippen LogP contribution in [-0.4, -0.2) is 36.1 Å². The van der Waals surface area contributed by atoms with Crippen LogP contribution in [-0.2, 0) is 4.79 Å². The Morgan fingerprint density at radius 2 is 1.31 bits per heavy atom. The Morgan fingerprint density at radius 1 is 0.800 bits per heavy atom. The van der Waals surface area contributed by atoms with Crippen molar-refractivity contribution in [3.8, 4) is 0 Å². The van der Waals surface area contributed by atoms with Gasteiger partial charge in [-0.3, -0.25) is 9.59 Å². The van der Waals surface area contributed by atoms with Crippen molar-refractivity contribution in [2.45, 2.75) is 38.7 Å². The molecule has 182 valence electrons. The number of aliphatic hydroxyl groups is 1. The summed E-state index contributed by atoms with van der Waals surface area (Å²) in [6, 6.07) is 22.6. The second kappa shape index (κ2) is 11.5. The van der Waals surface area contributed by atoms with E-state index in [1.165, 1.54) is 0 Å². The number of rotatable bonds is 8. The first-order valence-corrected chi connectivity index (χ1v) is 12.1. The molecule has 0 unspecified atom stereocenters. The van der Waals surface area contributed by atoms with Crippen molar-refractivity contribution < 1.29 is 14.7 Å². The maximum Gasteiger partial charge on any atom is 0.255 e. The zero-order valence-corrected chi connectivity index (χ0v) is 20.0. The van der Waals surface area contributed by atoms with Crippen molar-refractivity contribution in [1.29, 1.82) is 0 Å². The highest BCUT2D eigenvalue weighted by molar-refractivity contribution is 6.04. The molecule has 35 heavy (non-hydrogen) atoms. The number of piperidine rings is 1. The third-order valence-electron chi connectivity index (χ3n) is 6.04. The van der Waals surface area contributed by atoms with Crippen molar-refractivity contribution in [2.24, 2.45) is 0 Å². The van der Waals surface area contributed by atoms with Gasteiger partial charge >= 0.3 is 0 Å². The van der Waals surface area contributed by atoms with Crippen LogP contribution in [0.4, 0.5) is 28.4 Å². The Kier molecular flexibility index (Phi) is 8.00. The number of carbonyl (C=O) groups is 2. The molecule has 1 heterocycles. The van der Waals surface area contributed by atoms with Gasteiger partial charge in [0.25, 0.3) is 5.91 Å². The topological polar surface area (TPSA) is 93.7 Å². The van der Waals surface area contributed by atoms with Crippen LogP contribution in [0.15, 0.2) is 72.8 Å². The minimum atomic E-state index is -0.206. The molecule has 1 fully saturated rings. The minimum Gasteiger partial charge on any atom is -0.393 e. The maximum absolute atomic E-state index is 12.7. The number of anilines is 5. The highest BCUT2D eigenvalue weighted by Gasteiger charge is 2.17. The van der Waals surface area contributed by atoms with Gasteiger partial charge in [-0.2, -0.15) is 0 Å². The number of hydrogen-bond donors (Lipinski definition) is 4. The lowest BCUT2D eigenvalue weighted by atomic mass is 10.1. The molecule has 0 radical (unpaired) electrons. The van der Waals surface area contributed by atoms with Gasteiger partial charge in [0.1, 0.15) is 0 Å². The quantitative estimate of drug-likeness (QED) is 0.353. The van der Waals surface area contributed by atoms with Crippen molar-refractivity contribution in [1.82, 2.24) is 0 Å². The van der Waals surface area contributed by atoms with Crippen molar-refractivity contribution in [2.75, 3.05) is 33.9 Å². The number of amides is 2. The lowest BCUT2D eigenvalue weighted by Crippen LogP contribution is -2.35. The highest BCUT2D eigenvalue weighted by Crippen LogP contribution is 2.23. The Balaban J connectivity index is 1.29. The molecule has 0 saturated carbocycles. The van der Waals surface area contributed by atoms with E-state index < -0.39 is 0 Å². The van der Waals surface area contributed by atoms with Crippen LogP contribution in [0, 0.1) is 0 Å². The van der Waals surface area contributed by atoms with Crippen LogP contribution in [0.1, 0.15) is 43.0 Å². The normalized spacial score (nSPS) is 13.8. The Bertz CT molecular complexity index is 1120. The van der Waals surface area contributed by atoms with Crippen LogP contribution in [0.5, 0.6) is 0 Å². The maximum atomic E-state index is 12.7. The van der Waals surface area contributed by atoms with Gasteiger partial charge in [-0.1, -0.05) is 6.92 Å². The molecule has 0 aliphatic carbocycles. The van der Waals surface area contributed by atoms with E-state index in [4.69, 9.17) is 0 Å². The molecule has 4 N–H and O–H groups in total. The van der Waals surface area contributed by atoms with Crippen LogP contribution in [0.25, 0.3) is 0 Å². The molecule has 3 aromatic rings. The SMILES string of the molecule is CCCC(=O)Nc1ccc(Nc2ccc(NC(=O)c3ccc(N4CCC(O)CC4)cc3)cc2)cc1. The fourth-order valence-corrected chi connectivity index (χ4v) is 4.04. The van der Waals surface area contributed by atoms with Crippen LogP contribution in [0.2, 0.25) is 0 Å². The van der Waals surface area contributed by atoms with Crippen LogP contribution >= 0.6 is 0 Å². The standard InChI is InChI=1S/C28H32N4O3/c1-2-3-27(34)30-23-10-6-21(7-11-23)29-22-8-12-24(13-9-22)31-28(35)20-4-14-25(15-5-20)32-18-16-26(33)17-19-32/h4-15,26,29,33H,2-3,16-19H2,1H3,(H,30,34)(H,31,35). The van der Waals surface area contributed by atoms with Gasteiger partial charge in [-0.25, -0.2) is 0 Å². The molecule has 7 heteroatoms. The summed E-state index contributed by atoms with van der Waals surface area (Å²) < 4.78 is 0. The molecule has 4 rings (SSSR count). The second-order valence-electron chi connectivity index (χ2n) is 8.80. The monoisotopic (exact) mass is 472 g/mol. The summed E-state index contributed by atoms with van der Waals surface area (Å²) in [6.45, 7) is 3.63. The number of benzene rings is 3. The van der Waals surface area contributed by atoms with Crippen molar-refractivity contribution >= 4 is 40.3 Å². The van der Waals surface area contributed by atoms with Crippen molar-refractivity contribution in [3.63, 3.8) is 0 Å². The molecule has 0 spiro atoms. The zero-order valence-electron chi connectivity index (χ0n) is 20.0. The molecular formula is C28H32N4O3. The fraction of sp³-hybridized carbons (Fsp3) is 0.286. The Hall–Kier alpha value is -3.84. The van der Waals surface area contributed by atoms with Crippen LogP contribution < -0.4 is 20.9 Å². The van der Waals surface area contributed by atoms with Gasteiger partial charge in [0.15, 0.2) is 0 Å². The largest absolute Gasteiger partial charge is 0.393 e. The molecular weight excluding hydrogens is 440 g/mol. The third kappa shape index (κ3) is 6.83. The molecule has 0 atom stereocenters. The first-order valence-electron chi connectivity index (χ1n) is 12.1. The molecule has 7 nitrogen and oxygen atoms in total. The minimum absolute atomic E-state index is 0.0181. The first-order chi connectivity index (χ1) is 17.0. The number of nitrogens with zero attached hydrogens (tertiary/aromatic N) is 1. The van der Waals surface area contributed by atoms with Gasteiger partial charge in [0.05, 0.1) is 6.10 Å². The average Bonchev–Trinajstić information content (AvgIpc) is 2.87. The van der Waals surface area contributed by atoms with Gasteiger partial charge in [0, 0.05) is 53.5 Å². The summed E-state index contributed by atoms with van der Waals surface area (Å²) in [4.78, 5) is 26.6. The molecule has 1 saturated heterocycles. The number of nitrogens with one attached hydrogen (secondary N) is 3. The predicted molar refractivity (Wildman–Crippen MR) is 142 cm³/mol. The third-order valence-corrected chi connectivity index (χ3v) is 6.04. The molecule has 0 aromatic heterocycles. The average molecular weight is 473 g/mol. The van der Waals surface area contributed by atoms with Gasteiger partial charge in [0.2, 0.25) is 5.91 Å². The fourth-order valence-electron chi connectivity index (χ4n) is 4.04. The van der Waals surface area contributed by atoms with E-state index in [1.54, 1.807) is 0 Å². The molecule has 0 bridgehead atoms. The van der Waals surface area contributed by atoms with E-state index in [9.17, 15) is 14.7 Å². The van der Waals surface area contributed by atoms with Gasteiger partial charge in [-0.05, 0) is 92.1 Å². The van der Waals surface area contributed by atoms with Crippen molar-refractivity contribution in [3.05, 3.63) is 78.4 Å².